The van der Waals surface area contributed by atoms with Gasteiger partial charge in [0.1, 0.15) is 5.82 Å². The van der Waals surface area contributed by atoms with E-state index in [0.29, 0.717) is 18.3 Å². The molecule has 0 aliphatic rings. The number of rotatable bonds is 3. The van der Waals surface area contributed by atoms with E-state index in [2.05, 4.69) is 0 Å². The van der Waals surface area contributed by atoms with E-state index in [0.717, 1.165) is 12.0 Å². The number of aryl methyl sites for hydroxylation is 1. The summed E-state index contributed by atoms with van der Waals surface area (Å²) in [6, 6.07) is 6.29. The van der Waals surface area contributed by atoms with Crippen LogP contribution in [0.4, 0.5) is 8.78 Å². The minimum atomic E-state index is -0.235. The van der Waals surface area contributed by atoms with Gasteiger partial charge in [-0.3, -0.25) is 0 Å². The zero-order valence-corrected chi connectivity index (χ0v) is 7.56. The fraction of sp³-hybridized carbons (Fsp3) is 0.273. The lowest BCUT2D eigenvalue weighted by atomic mass is 10.1. The highest BCUT2D eigenvalue weighted by Gasteiger charge is 1.95. The third kappa shape index (κ3) is 3.36. The van der Waals surface area contributed by atoms with Gasteiger partial charge in [0.15, 0.2) is 0 Å². The van der Waals surface area contributed by atoms with Gasteiger partial charge in [0.25, 0.3) is 0 Å². The first-order chi connectivity index (χ1) is 6.22. The second kappa shape index (κ2) is 4.75. The van der Waals surface area contributed by atoms with Crippen LogP contribution in [0.2, 0.25) is 0 Å². The maximum atomic E-state index is 12.5. The van der Waals surface area contributed by atoms with Crippen molar-refractivity contribution in [3.63, 3.8) is 0 Å². The van der Waals surface area contributed by atoms with Crippen LogP contribution < -0.4 is 0 Å². The molecule has 13 heavy (non-hydrogen) atoms. The van der Waals surface area contributed by atoms with Crippen LogP contribution in [0.15, 0.2) is 36.2 Å². The van der Waals surface area contributed by atoms with Crippen molar-refractivity contribution < 1.29 is 8.78 Å². The first kappa shape index (κ1) is 9.90. The van der Waals surface area contributed by atoms with Gasteiger partial charge in [0.2, 0.25) is 0 Å². The van der Waals surface area contributed by atoms with E-state index in [-0.39, 0.29) is 5.82 Å². The molecule has 0 atom stereocenters. The number of hydrogen-bond acceptors (Lipinski definition) is 0. The Hall–Kier alpha value is -1.18. The molecule has 0 saturated heterocycles. The Bertz CT molecular complexity index is 285. The summed E-state index contributed by atoms with van der Waals surface area (Å²) in [4.78, 5) is 0. The summed E-state index contributed by atoms with van der Waals surface area (Å²) < 4.78 is 24.4. The van der Waals surface area contributed by atoms with Crippen molar-refractivity contribution in [1.82, 2.24) is 0 Å². The Balaban J connectivity index is 2.51. The summed E-state index contributed by atoms with van der Waals surface area (Å²) in [5.41, 5.74) is 1.74. The van der Waals surface area contributed by atoms with Crippen molar-refractivity contribution in [2.45, 2.75) is 19.8 Å². The molecular weight excluding hydrogens is 170 g/mol. The van der Waals surface area contributed by atoms with Gasteiger partial charge in [-0.05, 0) is 43.0 Å². The minimum Gasteiger partial charge on any atom is -0.216 e. The van der Waals surface area contributed by atoms with Crippen molar-refractivity contribution in [3.05, 3.63) is 47.5 Å². The standard InChI is InChI=1S/C11H12F2/c1-9(8-12)2-3-10-4-6-11(13)7-5-10/h4-8H,2-3H2,1H3/b9-8-. The highest BCUT2D eigenvalue weighted by atomic mass is 19.1. The van der Waals surface area contributed by atoms with E-state index in [9.17, 15) is 8.78 Å². The van der Waals surface area contributed by atoms with Gasteiger partial charge in [0.05, 0.1) is 6.33 Å². The fourth-order valence-corrected chi connectivity index (χ4v) is 1.05. The molecule has 0 spiro atoms. The molecule has 0 unspecified atom stereocenters. The Kier molecular flexibility index (Phi) is 3.62. The molecule has 0 aliphatic carbocycles. The largest absolute Gasteiger partial charge is 0.216 e. The number of halogens is 2. The molecule has 0 heterocycles. The van der Waals surface area contributed by atoms with Crippen LogP contribution in [0.1, 0.15) is 18.9 Å². The van der Waals surface area contributed by atoms with E-state index >= 15 is 0 Å². The van der Waals surface area contributed by atoms with Crippen molar-refractivity contribution in [1.29, 1.82) is 0 Å². The molecule has 1 aromatic carbocycles. The van der Waals surface area contributed by atoms with Gasteiger partial charge >= 0.3 is 0 Å². The van der Waals surface area contributed by atoms with Crippen LogP contribution in [0.3, 0.4) is 0 Å². The first-order valence-corrected chi connectivity index (χ1v) is 4.22. The normalized spacial score (nSPS) is 11.8. The molecule has 0 aromatic heterocycles. The van der Waals surface area contributed by atoms with Crippen LogP contribution >= 0.6 is 0 Å². The van der Waals surface area contributed by atoms with Crippen LogP contribution in [-0.2, 0) is 6.42 Å². The molecule has 1 aromatic rings. The number of hydrogen-bond donors (Lipinski definition) is 0. The second-order valence-corrected chi connectivity index (χ2v) is 3.08. The summed E-state index contributed by atoms with van der Waals surface area (Å²) in [5, 5.41) is 0. The smallest absolute Gasteiger partial charge is 0.123 e. The lowest BCUT2D eigenvalue weighted by Gasteiger charge is -2.00. The number of allylic oxidation sites excluding steroid dienone is 1. The molecule has 2 heteroatoms. The minimum absolute atomic E-state index is 0.235. The van der Waals surface area contributed by atoms with Crippen molar-refractivity contribution in [2.75, 3.05) is 0 Å². The third-order valence-corrected chi connectivity index (χ3v) is 1.91. The molecule has 0 amide bonds. The van der Waals surface area contributed by atoms with Gasteiger partial charge in [-0.15, -0.1) is 0 Å². The van der Waals surface area contributed by atoms with Crippen molar-refractivity contribution in [2.24, 2.45) is 0 Å². The number of benzene rings is 1. The van der Waals surface area contributed by atoms with Crippen LogP contribution in [0, 0.1) is 5.82 Å². The summed E-state index contributed by atoms with van der Waals surface area (Å²) in [7, 11) is 0. The summed E-state index contributed by atoms with van der Waals surface area (Å²) in [6.07, 6.45) is 2.05. The Morgan fingerprint density at radius 1 is 1.31 bits per heavy atom. The monoisotopic (exact) mass is 182 g/mol. The van der Waals surface area contributed by atoms with Crippen molar-refractivity contribution >= 4 is 0 Å². The molecule has 0 bridgehead atoms. The average molecular weight is 182 g/mol. The van der Waals surface area contributed by atoms with Gasteiger partial charge < -0.3 is 0 Å². The Morgan fingerprint density at radius 2 is 1.92 bits per heavy atom. The maximum absolute atomic E-state index is 12.5. The molecule has 0 N–H and O–H groups in total. The first-order valence-electron chi connectivity index (χ1n) is 4.22. The highest BCUT2D eigenvalue weighted by Crippen LogP contribution is 2.09. The maximum Gasteiger partial charge on any atom is 0.123 e. The Labute approximate surface area is 76.9 Å². The zero-order valence-electron chi connectivity index (χ0n) is 7.56. The fourth-order valence-electron chi connectivity index (χ4n) is 1.05. The summed E-state index contributed by atoms with van der Waals surface area (Å²) >= 11 is 0. The summed E-state index contributed by atoms with van der Waals surface area (Å²) in [5.74, 6) is -0.235. The summed E-state index contributed by atoms with van der Waals surface area (Å²) in [6.45, 7) is 1.74. The van der Waals surface area contributed by atoms with E-state index in [1.165, 1.54) is 12.1 Å². The van der Waals surface area contributed by atoms with E-state index in [1.807, 2.05) is 0 Å². The average Bonchev–Trinajstić information content (AvgIpc) is 2.16. The Morgan fingerprint density at radius 3 is 2.46 bits per heavy atom. The van der Waals surface area contributed by atoms with Gasteiger partial charge in [-0.1, -0.05) is 12.1 Å². The van der Waals surface area contributed by atoms with E-state index in [4.69, 9.17) is 0 Å². The molecule has 0 radical (unpaired) electrons. The highest BCUT2D eigenvalue weighted by molar-refractivity contribution is 5.17. The lowest BCUT2D eigenvalue weighted by molar-refractivity contribution is 0.627. The van der Waals surface area contributed by atoms with Crippen molar-refractivity contribution in [3.8, 4) is 0 Å². The predicted molar refractivity (Wildman–Crippen MR) is 49.6 cm³/mol. The third-order valence-electron chi connectivity index (χ3n) is 1.91. The lowest BCUT2D eigenvalue weighted by Crippen LogP contribution is -1.86. The molecule has 0 saturated carbocycles. The topological polar surface area (TPSA) is 0 Å². The van der Waals surface area contributed by atoms with Gasteiger partial charge in [0, 0.05) is 0 Å². The van der Waals surface area contributed by atoms with E-state index < -0.39 is 0 Å². The van der Waals surface area contributed by atoms with Gasteiger partial charge in [-0.25, -0.2) is 8.78 Å². The molecule has 0 aliphatic heterocycles. The predicted octanol–water partition coefficient (Wildman–Crippen LogP) is 3.63. The van der Waals surface area contributed by atoms with Crippen LogP contribution in [0.25, 0.3) is 0 Å². The zero-order chi connectivity index (χ0) is 9.68. The SMILES string of the molecule is C/C(=C/F)CCc1ccc(F)cc1. The van der Waals surface area contributed by atoms with Gasteiger partial charge in [-0.2, -0.15) is 0 Å². The quantitative estimate of drug-likeness (QED) is 0.669. The van der Waals surface area contributed by atoms with Crippen LogP contribution in [-0.4, -0.2) is 0 Å². The molecule has 0 nitrogen and oxygen atoms in total. The second-order valence-electron chi connectivity index (χ2n) is 3.08. The molecule has 1 rings (SSSR count). The van der Waals surface area contributed by atoms with Crippen LogP contribution in [0.5, 0.6) is 0 Å². The van der Waals surface area contributed by atoms with E-state index in [1.54, 1.807) is 19.1 Å². The molecule has 0 fully saturated rings. The molecular formula is C11H12F2. The molecule has 70 valence electrons.